The number of hydrogen-bond acceptors (Lipinski definition) is 6. The SMILES string of the molecule is Cn1nc(C(C)(C)C)cc1Nc1ncc2c(n1)CN(C(=O)OC(C)(C)C)C2. The Morgan fingerprint density at radius 3 is 2.48 bits per heavy atom. The minimum Gasteiger partial charge on any atom is -0.444 e. The molecule has 0 bridgehead atoms. The summed E-state index contributed by atoms with van der Waals surface area (Å²) in [6, 6.07) is 2.00. The number of amides is 1. The van der Waals surface area contributed by atoms with Gasteiger partial charge in [0.05, 0.1) is 24.5 Å². The normalized spacial score (nSPS) is 14.3. The Kier molecular flexibility index (Phi) is 4.61. The highest BCUT2D eigenvalue weighted by molar-refractivity contribution is 5.69. The minimum absolute atomic E-state index is 0.0373. The molecule has 27 heavy (non-hydrogen) atoms. The van der Waals surface area contributed by atoms with Crippen LogP contribution in [-0.4, -0.2) is 36.3 Å². The van der Waals surface area contributed by atoms with Crippen LogP contribution in [0.1, 0.15) is 58.5 Å². The van der Waals surface area contributed by atoms with Gasteiger partial charge >= 0.3 is 6.09 Å². The molecule has 1 aliphatic heterocycles. The largest absolute Gasteiger partial charge is 0.444 e. The van der Waals surface area contributed by atoms with Crippen molar-refractivity contribution in [3.63, 3.8) is 0 Å². The molecule has 1 N–H and O–H groups in total. The fraction of sp³-hybridized carbons (Fsp3) is 0.579. The zero-order valence-electron chi connectivity index (χ0n) is 17.1. The van der Waals surface area contributed by atoms with E-state index < -0.39 is 5.60 Å². The highest BCUT2D eigenvalue weighted by atomic mass is 16.6. The van der Waals surface area contributed by atoms with Crippen LogP contribution in [0.25, 0.3) is 0 Å². The number of ether oxygens (including phenoxy) is 1. The predicted octanol–water partition coefficient (Wildman–Crippen LogP) is 3.50. The van der Waals surface area contributed by atoms with Crippen LogP contribution < -0.4 is 5.32 Å². The van der Waals surface area contributed by atoms with Gasteiger partial charge in [-0.1, -0.05) is 20.8 Å². The minimum atomic E-state index is -0.519. The molecule has 0 fully saturated rings. The van der Waals surface area contributed by atoms with Crippen LogP contribution in [0.2, 0.25) is 0 Å². The van der Waals surface area contributed by atoms with Gasteiger partial charge in [-0.15, -0.1) is 0 Å². The molecule has 0 radical (unpaired) electrons. The molecule has 1 aliphatic rings. The summed E-state index contributed by atoms with van der Waals surface area (Å²) in [6.45, 7) is 12.8. The molecule has 0 aliphatic carbocycles. The number of hydrogen-bond donors (Lipinski definition) is 1. The van der Waals surface area contributed by atoms with Crippen molar-refractivity contribution < 1.29 is 9.53 Å². The standard InChI is InChI=1S/C19H28N6O2/c1-18(2,3)14-8-15(24(7)23-14)22-16-20-9-12-10-25(11-13(12)21-16)17(26)27-19(4,5)6/h8-9H,10-11H2,1-7H3,(H,20,21,22). The first-order valence-corrected chi connectivity index (χ1v) is 9.07. The number of rotatable bonds is 2. The molecule has 3 rings (SSSR count). The predicted molar refractivity (Wildman–Crippen MR) is 103 cm³/mol. The second kappa shape index (κ2) is 6.51. The number of aromatic nitrogens is 4. The van der Waals surface area contributed by atoms with Crippen molar-refractivity contribution in [2.24, 2.45) is 7.05 Å². The van der Waals surface area contributed by atoms with E-state index in [9.17, 15) is 4.79 Å². The fourth-order valence-corrected chi connectivity index (χ4v) is 2.73. The topological polar surface area (TPSA) is 85.2 Å². The van der Waals surface area contributed by atoms with Crippen LogP contribution in [0.3, 0.4) is 0 Å². The van der Waals surface area contributed by atoms with E-state index in [1.54, 1.807) is 15.8 Å². The maximum Gasteiger partial charge on any atom is 0.410 e. The third kappa shape index (κ3) is 4.37. The summed E-state index contributed by atoms with van der Waals surface area (Å²) in [5.74, 6) is 1.31. The summed E-state index contributed by atoms with van der Waals surface area (Å²) in [7, 11) is 1.88. The molecule has 8 heteroatoms. The Hall–Kier alpha value is -2.64. The average Bonchev–Trinajstić information content (AvgIpc) is 3.09. The third-order valence-corrected chi connectivity index (χ3v) is 4.20. The molecule has 3 heterocycles. The quantitative estimate of drug-likeness (QED) is 0.868. The molecule has 2 aromatic rings. The number of aryl methyl sites for hydroxylation is 1. The Morgan fingerprint density at radius 2 is 1.89 bits per heavy atom. The number of anilines is 2. The number of carbonyl (C=O) groups excluding carboxylic acids is 1. The first-order chi connectivity index (χ1) is 12.4. The molecule has 0 saturated heterocycles. The van der Waals surface area contributed by atoms with E-state index in [0.717, 1.165) is 22.8 Å². The van der Waals surface area contributed by atoms with E-state index in [2.05, 4.69) is 41.2 Å². The molecule has 0 unspecified atom stereocenters. The number of carbonyl (C=O) groups is 1. The summed E-state index contributed by atoms with van der Waals surface area (Å²) in [5, 5.41) is 7.77. The number of fused-ring (bicyclic) bond motifs is 1. The molecular formula is C19H28N6O2. The molecule has 0 atom stereocenters. The van der Waals surface area contributed by atoms with Crippen molar-refractivity contribution in [3.05, 3.63) is 29.2 Å². The fourth-order valence-electron chi connectivity index (χ4n) is 2.73. The van der Waals surface area contributed by atoms with E-state index in [0.29, 0.717) is 19.0 Å². The highest BCUT2D eigenvalue weighted by Gasteiger charge is 2.29. The lowest BCUT2D eigenvalue weighted by atomic mass is 9.92. The van der Waals surface area contributed by atoms with Crippen molar-refractivity contribution in [2.75, 3.05) is 5.32 Å². The monoisotopic (exact) mass is 372 g/mol. The Labute approximate surface area is 159 Å². The van der Waals surface area contributed by atoms with Gasteiger partial charge in [0, 0.05) is 30.3 Å². The first-order valence-electron chi connectivity index (χ1n) is 9.07. The van der Waals surface area contributed by atoms with E-state index in [1.165, 1.54) is 0 Å². The molecule has 1 amide bonds. The van der Waals surface area contributed by atoms with Gasteiger partial charge in [0.1, 0.15) is 11.4 Å². The van der Waals surface area contributed by atoms with Gasteiger partial charge in [0.15, 0.2) is 0 Å². The molecule has 0 saturated carbocycles. The van der Waals surface area contributed by atoms with Gasteiger partial charge in [0.2, 0.25) is 5.95 Å². The van der Waals surface area contributed by atoms with Crippen molar-refractivity contribution in [1.29, 1.82) is 0 Å². The zero-order chi connectivity index (χ0) is 20.0. The van der Waals surface area contributed by atoms with Gasteiger partial charge < -0.3 is 10.1 Å². The first kappa shape index (κ1) is 19.1. The van der Waals surface area contributed by atoms with E-state index >= 15 is 0 Å². The molecule has 0 aromatic carbocycles. The second-order valence-electron chi connectivity index (χ2n) is 8.92. The third-order valence-electron chi connectivity index (χ3n) is 4.20. The smallest absolute Gasteiger partial charge is 0.410 e. The second-order valence-corrected chi connectivity index (χ2v) is 8.92. The van der Waals surface area contributed by atoms with Gasteiger partial charge in [-0.2, -0.15) is 5.10 Å². The van der Waals surface area contributed by atoms with E-state index in [4.69, 9.17) is 4.74 Å². The molecule has 8 nitrogen and oxygen atoms in total. The highest BCUT2D eigenvalue weighted by Crippen LogP contribution is 2.26. The summed E-state index contributed by atoms with van der Waals surface area (Å²) in [6.07, 6.45) is 1.42. The van der Waals surface area contributed by atoms with Gasteiger partial charge in [-0.05, 0) is 20.8 Å². The Morgan fingerprint density at radius 1 is 1.19 bits per heavy atom. The lowest BCUT2D eigenvalue weighted by Crippen LogP contribution is -2.33. The van der Waals surface area contributed by atoms with Crippen LogP contribution in [0, 0.1) is 0 Å². The van der Waals surface area contributed by atoms with Crippen LogP contribution in [0.5, 0.6) is 0 Å². The van der Waals surface area contributed by atoms with Crippen LogP contribution in [-0.2, 0) is 30.3 Å². The van der Waals surface area contributed by atoms with Gasteiger partial charge in [0.25, 0.3) is 0 Å². The van der Waals surface area contributed by atoms with Gasteiger partial charge in [-0.3, -0.25) is 9.58 Å². The van der Waals surface area contributed by atoms with Crippen molar-refractivity contribution in [2.45, 2.75) is 65.6 Å². The summed E-state index contributed by atoms with van der Waals surface area (Å²) in [5.41, 5.74) is 2.20. The molecule has 2 aromatic heterocycles. The summed E-state index contributed by atoms with van der Waals surface area (Å²) < 4.78 is 7.22. The van der Waals surface area contributed by atoms with Crippen molar-refractivity contribution in [3.8, 4) is 0 Å². The lowest BCUT2D eigenvalue weighted by Gasteiger charge is -2.23. The molecule has 0 spiro atoms. The van der Waals surface area contributed by atoms with Crippen LogP contribution >= 0.6 is 0 Å². The zero-order valence-corrected chi connectivity index (χ0v) is 17.1. The van der Waals surface area contributed by atoms with E-state index in [-0.39, 0.29) is 11.5 Å². The number of nitrogens with zero attached hydrogens (tertiary/aromatic N) is 5. The average molecular weight is 372 g/mol. The number of nitrogens with one attached hydrogen (secondary N) is 1. The molecule has 146 valence electrons. The maximum absolute atomic E-state index is 12.3. The van der Waals surface area contributed by atoms with Crippen LogP contribution in [0.15, 0.2) is 12.3 Å². The van der Waals surface area contributed by atoms with Crippen molar-refractivity contribution >= 4 is 17.9 Å². The maximum atomic E-state index is 12.3. The van der Waals surface area contributed by atoms with E-state index in [1.807, 2.05) is 33.9 Å². The Balaban J connectivity index is 1.73. The Bertz CT molecular complexity index is 860. The van der Waals surface area contributed by atoms with Crippen LogP contribution in [0.4, 0.5) is 16.6 Å². The summed E-state index contributed by atoms with van der Waals surface area (Å²) in [4.78, 5) is 22.9. The molecular weight excluding hydrogens is 344 g/mol. The van der Waals surface area contributed by atoms with Crippen molar-refractivity contribution in [1.82, 2.24) is 24.6 Å². The van der Waals surface area contributed by atoms with Gasteiger partial charge in [-0.25, -0.2) is 14.8 Å². The lowest BCUT2D eigenvalue weighted by molar-refractivity contribution is 0.0240. The summed E-state index contributed by atoms with van der Waals surface area (Å²) >= 11 is 0.